The normalized spacial score (nSPS) is 12.0. The van der Waals surface area contributed by atoms with Gasteiger partial charge in [0.2, 0.25) is 5.71 Å². The first-order valence-electron chi connectivity index (χ1n) is 22.2. The van der Waals surface area contributed by atoms with Crippen LogP contribution in [0.2, 0.25) is 19.6 Å². The quantitative estimate of drug-likeness (QED) is 0.112. The Kier molecular flexibility index (Phi) is 12.4. The third-order valence-corrected chi connectivity index (χ3v) is 13.6. The molecule has 0 aliphatic rings. The van der Waals surface area contributed by atoms with E-state index in [4.69, 9.17) is 15.8 Å². The van der Waals surface area contributed by atoms with Gasteiger partial charge in [0.15, 0.2) is 0 Å². The van der Waals surface area contributed by atoms with Gasteiger partial charge >= 0.3 is 0 Å². The first kappa shape index (κ1) is 43.0. The molecule has 64 heavy (non-hydrogen) atoms. The minimum atomic E-state index is -1.60. The number of benzene rings is 6. The Hall–Kier alpha value is -6.24. The zero-order valence-electron chi connectivity index (χ0n) is 38.6. The molecule has 0 saturated heterocycles. The van der Waals surface area contributed by atoms with Gasteiger partial charge in [-0.3, -0.25) is 4.98 Å². The summed E-state index contributed by atoms with van der Waals surface area (Å²) < 4.78 is 16.9. The zero-order valence-corrected chi connectivity index (χ0v) is 41.0. The standard InChI is InChI=1S/C34H27N2.C23H25N2OSi.Ir/c1-24(2)29-22-28(25-14-6-3-7-15-25)23-30(26-16-8-4-9-17-26)33(29)36-32-21-13-12-20-31(32)35-34(36)27-18-10-5-11-19-27;1-14(2)18-12-20(24-13-22(18)27(4,5)6)16-8-10-21-19(11-16)17-9-7-15(3)25-23(17)26-21;/h3-18,20-24H,1-2H3;7,9-14H,1-6H3;/q2*-1;/i;14D;. The number of aromatic nitrogens is 4. The van der Waals surface area contributed by atoms with E-state index in [9.17, 15) is 0 Å². The van der Waals surface area contributed by atoms with Crippen molar-refractivity contribution in [2.75, 3.05) is 0 Å². The van der Waals surface area contributed by atoms with Crippen LogP contribution in [0, 0.1) is 19.1 Å². The van der Waals surface area contributed by atoms with E-state index < -0.39 is 14.0 Å². The summed E-state index contributed by atoms with van der Waals surface area (Å²) in [6.07, 6.45) is 1.98. The van der Waals surface area contributed by atoms with E-state index in [1.807, 2.05) is 57.3 Å². The number of para-hydroxylation sites is 2. The van der Waals surface area contributed by atoms with Crippen molar-refractivity contribution in [3.8, 4) is 50.6 Å². The van der Waals surface area contributed by atoms with Crippen LogP contribution in [-0.2, 0) is 20.1 Å². The number of hydrogen-bond donors (Lipinski definition) is 0. The molecule has 0 saturated carbocycles. The fourth-order valence-electron chi connectivity index (χ4n) is 8.40. The van der Waals surface area contributed by atoms with Crippen LogP contribution in [0.4, 0.5) is 0 Å². The number of pyridine rings is 2. The van der Waals surface area contributed by atoms with Crippen molar-refractivity contribution in [3.63, 3.8) is 0 Å². The molecule has 0 unspecified atom stereocenters. The molecule has 6 aromatic carbocycles. The second-order valence-electron chi connectivity index (χ2n) is 17.8. The van der Waals surface area contributed by atoms with Crippen molar-refractivity contribution in [2.24, 2.45) is 0 Å². The fraction of sp³-hybridized carbons (Fsp3) is 0.175. The van der Waals surface area contributed by atoms with Crippen LogP contribution in [0.15, 0.2) is 162 Å². The third-order valence-electron chi connectivity index (χ3n) is 11.6. The van der Waals surface area contributed by atoms with Gasteiger partial charge in [0, 0.05) is 50.0 Å². The Morgan fingerprint density at radius 1 is 0.672 bits per heavy atom. The first-order valence-corrected chi connectivity index (χ1v) is 25.2. The van der Waals surface area contributed by atoms with Crippen molar-refractivity contribution < 1.29 is 25.9 Å². The van der Waals surface area contributed by atoms with Gasteiger partial charge in [0.25, 0.3) is 0 Å². The maximum absolute atomic E-state index is 8.65. The maximum Gasteiger partial charge on any atom is 0.216 e. The third kappa shape index (κ3) is 8.81. The van der Waals surface area contributed by atoms with Crippen molar-refractivity contribution in [2.45, 2.75) is 66.1 Å². The molecule has 4 heterocycles. The van der Waals surface area contributed by atoms with Crippen LogP contribution >= 0.6 is 0 Å². The van der Waals surface area contributed by atoms with Crippen molar-refractivity contribution in [1.82, 2.24) is 19.5 Å². The van der Waals surface area contributed by atoms with Gasteiger partial charge in [-0.05, 0) is 88.3 Å². The van der Waals surface area contributed by atoms with Gasteiger partial charge in [-0.1, -0.05) is 137 Å². The number of imidazole rings is 1. The number of rotatable bonds is 8. The number of aryl methyl sites for hydroxylation is 1. The van der Waals surface area contributed by atoms with E-state index >= 15 is 0 Å². The van der Waals surface area contributed by atoms with Crippen molar-refractivity contribution in [1.29, 1.82) is 0 Å². The Morgan fingerprint density at radius 3 is 2.06 bits per heavy atom. The second kappa shape index (κ2) is 18.5. The van der Waals surface area contributed by atoms with Crippen LogP contribution in [0.5, 0.6) is 0 Å². The van der Waals surface area contributed by atoms with Crippen LogP contribution in [0.25, 0.3) is 83.7 Å². The van der Waals surface area contributed by atoms with Crippen LogP contribution < -0.4 is 5.19 Å². The summed E-state index contributed by atoms with van der Waals surface area (Å²) in [6.45, 7) is 17.3. The molecule has 1 radical (unpaired) electrons. The van der Waals surface area contributed by atoms with Crippen molar-refractivity contribution in [3.05, 3.63) is 187 Å². The average molecular weight is 1030 g/mol. The predicted molar refractivity (Wildman–Crippen MR) is 266 cm³/mol. The molecule has 7 heteroatoms. The predicted octanol–water partition coefficient (Wildman–Crippen LogP) is 14.8. The smallest absolute Gasteiger partial charge is 0.216 e. The van der Waals surface area contributed by atoms with Gasteiger partial charge in [-0.25, -0.2) is 4.98 Å². The Bertz CT molecular complexity index is 3280. The summed E-state index contributed by atoms with van der Waals surface area (Å²) in [5.41, 5.74) is 15.5. The molecule has 0 fully saturated rings. The summed E-state index contributed by atoms with van der Waals surface area (Å²) in [6, 6.07) is 59.3. The number of furan rings is 1. The molecule has 0 atom stereocenters. The first-order chi connectivity index (χ1) is 30.7. The van der Waals surface area contributed by atoms with E-state index in [-0.39, 0.29) is 20.1 Å². The molecule has 0 spiro atoms. The minimum absolute atomic E-state index is 0. The SMILES string of the molecule is CC(C)c1cc(-c2ccccc2)cc(-c2ccccc2)c1-n1c(-c2[c-]cccc2)nc2ccccc21.[2H]C(C)(C)c1cc(-c2[c-]cc3oc4nc(C)ccc4c3c2)ncc1[Si](C)(C)C.[Ir]. The largest absolute Gasteiger partial charge is 0.486 e. The minimum Gasteiger partial charge on any atom is -0.486 e. The molecule has 0 aliphatic heterocycles. The molecule has 0 bridgehead atoms. The molecule has 4 aromatic heterocycles. The topological polar surface area (TPSA) is 56.7 Å². The van der Waals surface area contributed by atoms with Gasteiger partial charge in [-0.2, -0.15) is 0 Å². The summed E-state index contributed by atoms with van der Waals surface area (Å²) >= 11 is 0. The Labute approximate surface area is 393 Å². The molecule has 10 rings (SSSR count). The van der Waals surface area contributed by atoms with Crippen LogP contribution in [0.3, 0.4) is 0 Å². The van der Waals surface area contributed by atoms with Crippen molar-refractivity contribution >= 4 is 46.4 Å². The van der Waals surface area contributed by atoms with Gasteiger partial charge in [0.1, 0.15) is 0 Å². The molecule has 0 amide bonds. The van der Waals surface area contributed by atoms with Crippen LogP contribution in [0.1, 0.15) is 57.7 Å². The van der Waals surface area contributed by atoms with E-state index in [0.717, 1.165) is 61.3 Å². The number of hydrogen-bond acceptors (Lipinski definition) is 4. The Morgan fingerprint density at radius 2 is 1.38 bits per heavy atom. The molecule has 5 nitrogen and oxygen atoms in total. The number of fused-ring (bicyclic) bond motifs is 4. The average Bonchev–Trinajstić information content (AvgIpc) is 3.86. The molecule has 0 N–H and O–H groups in total. The summed E-state index contributed by atoms with van der Waals surface area (Å²) in [4.78, 5) is 14.3. The fourth-order valence-corrected chi connectivity index (χ4v) is 9.98. The molecule has 10 aromatic rings. The van der Waals surface area contributed by atoms with E-state index in [1.54, 1.807) is 0 Å². The van der Waals surface area contributed by atoms with Gasteiger partial charge < -0.3 is 14.0 Å². The van der Waals surface area contributed by atoms with Gasteiger partial charge in [0.05, 0.1) is 30.5 Å². The molecular formula is C57H52IrN4OSi-2. The van der Waals surface area contributed by atoms with E-state index in [2.05, 4.69) is 176 Å². The number of nitrogens with zero attached hydrogens (tertiary/aromatic N) is 4. The van der Waals surface area contributed by atoms with E-state index in [0.29, 0.717) is 11.6 Å². The van der Waals surface area contributed by atoms with Gasteiger partial charge in [-0.15, -0.1) is 59.7 Å². The maximum atomic E-state index is 8.65. The summed E-state index contributed by atoms with van der Waals surface area (Å²) in [5, 5.41) is 3.25. The van der Waals surface area contributed by atoms with E-state index in [1.165, 1.54) is 38.7 Å². The second-order valence-corrected chi connectivity index (χ2v) is 22.8. The molecular weight excluding hydrogens is 977 g/mol. The van der Waals surface area contributed by atoms with Crippen LogP contribution in [-0.4, -0.2) is 27.6 Å². The monoisotopic (exact) mass is 1030 g/mol. The molecule has 321 valence electrons. The molecule has 0 aliphatic carbocycles. The Balaban J connectivity index is 0.000000180. The summed E-state index contributed by atoms with van der Waals surface area (Å²) in [7, 11) is -1.60. The summed E-state index contributed by atoms with van der Waals surface area (Å²) in [5.74, 6) is 0.532. The zero-order chi connectivity index (χ0) is 44.8.